The minimum Gasteiger partial charge on any atom is -0.379 e. The van der Waals surface area contributed by atoms with Crippen molar-refractivity contribution in [1.29, 1.82) is 0 Å². The molecule has 1 aliphatic rings. The number of hydrogen-bond acceptors (Lipinski definition) is 3. The van der Waals surface area contributed by atoms with Crippen LogP contribution in [0.25, 0.3) is 0 Å². The lowest BCUT2D eigenvalue weighted by Crippen LogP contribution is -2.47. The number of hydrogen-bond donors (Lipinski definition) is 1. The van der Waals surface area contributed by atoms with Gasteiger partial charge in [0.15, 0.2) is 11.6 Å². The summed E-state index contributed by atoms with van der Waals surface area (Å²) in [7, 11) is 0. The van der Waals surface area contributed by atoms with Crippen LogP contribution in [0.15, 0.2) is 12.1 Å². The Labute approximate surface area is 127 Å². The Morgan fingerprint density at radius 2 is 2.00 bits per heavy atom. The van der Waals surface area contributed by atoms with E-state index in [0.717, 1.165) is 25.2 Å². The molecule has 1 saturated heterocycles. The van der Waals surface area contributed by atoms with E-state index in [9.17, 15) is 13.6 Å². The van der Waals surface area contributed by atoms with Crippen LogP contribution in [0.1, 0.15) is 17.3 Å². The van der Waals surface area contributed by atoms with Crippen LogP contribution in [0.2, 0.25) is 5.02 Å². The third kappa shape index (κ3) is 4.12. The molecular formula is C14H17ClF2N2O2. The molecule has 1 amide bonds. The molecule has 0 aromatic heterocycles. The molecule has 1 aromatic rings. The maximum absolute atomic E-state index is 13.2. The number of halogens is 3. The second kappa shape index (κ2) is 7.15. The lowest BCUT2D eigenvalue weighted by Gasteiger charge is -2.32. The van der Waals surface area contributed by atoms with E-state index in [0.29, 0.717) is 19.8 Å². The number of carbonyl (C=O) groups excluding carboxylic acids is 1. The highest BCUT2D eigenvalue weighted by Gasteiger charge is 2.19. The van der Waals surface area contributed by atoms with Gasteiger partial charge in [-0.1, -0.05) is 11.6 Å². The lowest BCUT2D eigenvalue weighted by atomic mass is 10.2. The van der Waals surface area contributed by atoms with Crippen LogP contribution in [0.5, 0.6) is 0 Å². The molecule has 1 atom stereocenters. The van der Waals surface area contributed by atoms with Gasteiger partial charge in [0, 0.05) is 25.7 Å². The van der Waals surface area contributed by atoms with E-state index in [1.165, 1.54) is 0 Å². The molecule has 1 fully saturated rings. The molecule has 2 rings (SSSR count). The predicted octanol–water partition coefficient (Wildman–Crippen LogP) is 2.07. The molecule has 4 nitrogen and oxygen atoms in total. The van der Waals surface area contributed by atoms with Crippen molar-refractivity contribution in [2.24, 2.45) is 0 Å². The van der Waals surface area contributed by atoms with Gasteiger partial charge in [0.25, 0.3) is 5.91 Å². The Kier molecular flexibility index (Phi) is 5.50. The first-order valence-electron chi connectivity index (χ1n) is 6.73. The summed E-state index contributed by atoms with van der Waals surface area (Å²) in [5, 5.41) is 2.58. The van der Waals surface area contributed by atoms with Gasteiger partial charge in [-0.05, 0) is 19.1 Å². The summed E-state index contributed by atoms with van der Waals surface area (Å²) in [6, 6.07) is 1.74. The second-order valence-electron chi connectivity index (χ2n) is 4.95. The topological polar surface area (TPSA) is 41.6 Å². The van der Waals surface area contributed by atoms with Gasteiger partial charge >= 0.3 is 0 Å². The fraction of sp³-hybridized carbons (Fsp3) is 0.500. The van der Waals surface area contributed by atoms with Crippen LogP contribution in [0.4, 0.5) is 8.78 Å². The highest BCUT2D eigenvalue weighted by molar-refractivity contribution is 6.33. The minimum absolute atomic E-state index is 0.0651. The average Bonchev–Trinajstić information content (AvgIpc) is 2.49. The number of amides is 1. The summed E-state index contributed by atoms with van der Waals surface area (Å²) in [5.41, 5.74) is -0.0651. The molecule has 1 aliphatic heterocycles. The van der Waals surface area contributed by atoms with Gasteiger partial charge in [0.05, 0.1) is 23.8 Å². The van der Waals surface area contributed by atoms with Gasteiger partial charge < -0.3 is 10.1 Å². The third-order valence-electron chi connectivity index (χ3n) is 3.48. The number of morpholine rings is 1. The van der Waals surface area contributed by atoms with Crippen LogP contribution >= 0.6 is 11.6 Å². The zero-order valence-corrected chi connectivity index (χ0v) is 12.4. The first-order valence-corrected chi connectivity index (χ1v) is 7.11. The molecule has 1 N–H and O–H groups in total. The van der Waals surface area contributed by atoms with Crippen LogP contribution in [0, 0.1) is 11.6 Å². The number of rotatable bonds is 4. The first-order chi connectivity index (χ1) is 9.99. The van der Waals surface area contributed by atoms with E-state index >= 15 is 0 Å². The Balaban J connectivity index is 1.93. The number of benzene rings is 1. The van der Waals surface area contributed by atoms with Gasteiger partial charge in [0.2, 0.25) is 0 Å². The van der Waals surface area contributed by atoms with Crippen molar-refractivity contribution in [3.05, 3.63) is 34.4 Å². The zero-order valence-electron chi connectivity index (χ0n) is 11.7. The maximum atomic E-state index is 13.2. The van der Waals surface area contributed by atoms with Crippen LogP contribution in [-0.4, -0.2) is 49.7 Å². The summed E-state index contributed by atoms with van der Waals surface area (Å²) in [5.74, 6) is -2.68. The van der Waals surface area contributed by atoms with E-state index in [4.69, 9.17) is 16.3 Å². The van der Waals surface area contributed by atoms with Crippen molar-refractivity contribution < 1.29 is 18.3 Å². The molecule has 7 heteroatoms. The molecule has 0 saturated carbocycles. The largest absolute Gasteiger partial charge is 0.379 e. The standard InChI is InChI=1S/C14H17ClF2N2O2/c1-9(19-2-4-21-5-3-19)8-18-14(20)10-6-12(16)13(17)7-11(10)15/h6-7,9H,2-5,8H2,1H3,(H,18,20). The molecular weight excluding hydrogens is 302 g/mol. The van der Waals surface area contributed by atoms with Crippen LogP contribution < -0.4 is 5.32 Å². The van der Waals surface area contributed by atoms with Gasteiger partial charge in [-0.3, -0.25) is 9.69 Å². The molecule has 1 unspecified atom stereocenters. The smallest absolute Gasteiger partial charge is 0.252 e. The predicted molar refractivity (Wildman–Crippen MR) is 75.6 cm³/mol. The third-order valence-corrected chi connectivity index (χ3v) is 3.79. The summed E-state index contributed by atoms with van der Waals surface area (Å²) in [6.45, 7) is 5.35. The SMILES string of the molecule is CC(CNC(=O)c1cc(F)c(F)cc1Cl)N1CCOCC1. The van der Waals surface area contributed by atoms with Crippen molar-refractivity contribution in [3.63, 3.8) is 0 Å². The summed E-state index contributed by atoms with van der Waals surface area (Å²) in [4.78, 5) is 14.2. The fourth-order valence-electron chi connectivity index (χ4n) is 2.18. The molecule has 0 radical (unpaired) electrons. The number of nitrogens with zero attached hydrogens (tertiary/aromatic N) is 1. The van der Waals surface area contributed by atoms with E-state index in [-0.39, 0.29) is 16.6 Å². The lowest BCUT2D eigenvalue weighted by molar-refractivity contribution is 0.0204. The number of ether oxygens (including phenoxy) is 1. The van der Waals surface area contributed by atoms with Gasteiger partial charge in [-0.25, -0.2) is 8.78 Å². The maximum Gasteiger partial charge on any atom is 0.252 e. The van der Waals surface area contributed by atoms with E-state index < -0.39 is 17.5 Å². The van der Waals surface area contributed by atoms with Crippen molar-refractivity contribution in [3.8, 4) is 0 Å². The summed E-state index contributed by atoms with van der Waals surface area (Å²) >= 11 is 5.77. The molecule has 0 aliphatic carbocycles. The van der Waals surface area contributed by atoms with Gasteiger partial charge in [0.1, 0.15) is 0 Å². The number of carbonyl (C=O) groups is 1. The zero-order chi connectivity index (χ0) is 15.4. The fourth-order valence-corrected chi connectivity index (χ4v) is 2.42. The Morgan fingerprint density at radius 1 is 1.38 bits per heavy atom. The normalized spacial score (nSPS) is 17.5. The van der Waals surface area contributed by atoms with Crippen LogP contribution in [0.3, 0.4) is 0 Å². The monoisotopic (exact) mass is 318 g/mol. The molecule has 0 spiro atoms. The molecule has 1 aromatic carbocycles. The van der Waals surface area contributed by atoms with Crippen molar-refractivity contribution in [2.75, 3.05) is 32.8 Å². The summed E-state index contributed by atoms with van der Waals surface area (Å²) in [6.07, 6.45) is 0. The average molecular weight is 319 g/mol. The van der Waals surface area contributed by atoms with Crippen molar-refractivity contribution in [1.82, 2.24) is 10.2 Å². The second-order valence-corrected chi connectivity index (χ2v) is 5.36. The van der Waals surface area contributed by atoms with Crippen molar-refractivity contribution in [2.45, 2.75) is 13.0 Å². The molecule has 1 heterocycles. The number of nitrogens with one attached hydrogen (secondary N) is 1. The molecule has 21 heavy (non-hydrogen) atoms. The van der Waals surface area contributed by atoms with E-state index in [2.05, 4.69) is 10.2 Å². The Morgan fingerprint density at radius 3 is 2.67 bits per heavy atom. The Hall–Kier alpha value is -1.24. The van der Waals surface area contributed by atoms with Gasteiger partial charge in [-0.2, -0.15) is 0 Å². The summed E-state index contributed by atoms with van der Waals surface area (Å²) < 4.78 is 31.4. The molecule has 0 bridgehead atoms. The van der Waals surface area contributed by atoms with Crippen LogP contribution in [-0.2, 0) is 4.74 Å². The van der Waals surface area contributed by atoms with E-state index in [1.54, 1.807) is 0 Å². The highest BCUT2D eigenvalue weighted by Crippen LogP contribution is 2.19. The Bertz CT molecular complexity index is 522. The quantitative estimate of drug-likeness (QED) is 0.864. The van der Waals surface area contributed by atoms with E-state index in [1.807, 2.05) is 6.92 Å². The highest BCUT2D eigenvalue weighted by atomic mass is 35.5. The molecule has 116 valence electrons. The van der Waals surface area contributed by atoms with Gasteiger partial charge in [-0.15, -0.1) is 0 Å². The first kappa shape index (κ1) is 16.1. The van der Waals surface area contributed by atoms with Crippen molar-refractivity contribution >= 4 is 17.5 Å². The minimum atomic E-state index is -1.09.